The van der Waals surface area contributed by atoms with Crippen LogP contribution < -0.4 is 9.46 Å². The van der Waals surface area contributed by atoms with Crippen LogP contribution in [-0.4, -0.2) is 45.5 Å². The van der Waals surface area contributed by atoms with E-state index in [2.05, 4.69) is 33.6 Å². The van der Waals surface area contributed by atoms with Crippen molar-refractivity contribution in [3.05, 3.63) is 24.2 Å². The van der Waals surface area contributed by atoms with Crippen LogP contribution >= 0.6 is 0 Å². The molecule has 1 atom stereocenters. The van der Waals surface area contributed by atoms with Crippen molar-refractivity contribution in [3.63, 3.8) is 0 Å². The average Bonchev–Trinajstić information content (AvgIpc) is 2.95. The van der Waals surface area contributed by atoms with E-state index >= 15 is 0 Å². The minimum absolute atomic E-state index is 0.0280. The van der Waals surface area contributed by atoms with Crippen molar-refractivity contribution in [1.82, 2.24) is 19.7 Å². The summed E-state index contributed by atoms with van der Waals surface area (Å²) in [6.45, 7) is 7.91. The molecule has 28 heavy (non-hydrogen) atoms. The molecule has 2 aromatic rings. The number of nitrogens with one attached hydrogen (secondary N) is 1. The van der Waals surface area contributed by atoms with E-state index in [0.29, 0.717) is 6.42 Å². The second kappa shape index (κ2) is 7.00. The highest BCUT2D eigenvalue weighted by atomic mass is 32.2. The lowest BCUT2D eigenvalue weighted by atomic mass is 10.1. The molecule has 0 radical (unpaired) electrons. The first-order valence-corrected chi connectivity index (χ1v) is 10.6. The lowest BCUT2D eigenvalue weighted by molar-refractivity contribution is 0.0547. The van der Waals surface area contributed by atoms with Gasteiger partial charge in [0.15, 0.2) is 0 Å². The molecule has 9 nitrogen and oxygen atoms in total. The van der Waals surface area contributed by atoms with Gasteiger partial charge in [-0.15, -0.1) is 0 Å². The van der Waals surface area contributed by atoms with Crippen molar-refractivity contribution < 1.29 is 18.3 Å². The summed E-state index contributed by atoms with van der Waals surface area (Å²) >= 11 is 0. The van der Waals surface area contributed by atoms with Crippen molar-refractivity contribution in [3.8, 4) is 5.88 Å². The second-order valence-corrected chi connectivity index (χ2v) is 10.2. The van der Waals surface area contributed by atoms with Crippen molar-refractivity contribution in [2.24, 2.45) is 12.5 Å². The number of nitrogens with zero attached hydrogens (tertiary/aromatic N) is 4. The van der Waals surface area contributed by atoms with Crippen LogP contribution in [-0.2, 0) is 17.1 Å². The maximum atomic E-state index is 12.6. The van der Waals surface area contributed by atoms with Gasteiger partial charge in [-0.3, -0.25) is 4.68 Å². The summed E-state index contributed by atoms with van der Waals surface area (Å²) < 4.78 is 34.6. The van der Waals surface area contributed by atoms with Gasteiger partial charge in [0.05, 0.1) is 24.1 Å². The van der Waals surface area contributed by atoms with Crippen molar-refractivity contribution >= 4 is 16.0 Å². The lowest BCUT2D eigenvalue weighted by Crippen LogP contribution is -2.22. The zero-order valence-electron chi connectivity index (χ0n) is 16.8. The molecule has 2 heterocycles. The molecular weight excluding hydrogens is 382 g/mol. The highest BCUT2D eigenvalue weighted by molar-refractivity contribution is 7.92. The summed E-state index contributed by atoms with van der Waals surface area (Å²) in [5.74, 6) is 0.455. The fourth-order valence-electron chi connectivity index (χ4n) is 2.83. The minimum atomic E-state index is -3.86. The van der Waals surface area contributed by atoms with Gasteiger partial charge in [-0.1, -0.05) is 13.8 Å². The van der Waals surface area contributed by atoms with Crippen LogP contribution in [0, 0.1) is 5.41 Å². The zero-order chi connectivity index (χ0) is 20.7. The Morgan fingerprint density at radius 1 is 1.39 bits per heavy atom. The van der Waals surface area contributed by atoms with E-state index < -0.39 is 15.6 Å². The lowest BCUT2D eigenvalue weighted by Gasteiger charge is -2.17. The number of rotatable bonds is 8. The van der Waals surface area contributed by atoms with E-state index in [1.54, 1.807) is 27.0 Å². The standard InChI is InChI=1S/C18H27N5O4S/c1-17(2)9-13(17)14-8-15(27-7-6-18(3,4)24)21-16(20-14)22-28(25,26)12-10-19-23(5)11-12/h8,10-11,13,24H,6-7,9H2,1-5H3,(H,20,21,22). The molecule has 2 N–H and O–H groups in total. The van der Waals surface area contributed by atoms with E-state index in [1.807, 2.05) is 0 Å². The molecule has 0 bridgehead atoms. The monoisotopic (exact) mass is 409 g/mol. The predicted molar refractivity (Wildman–Crippen MR) is 104 cm³/mol. The van der Waals surface area contributed by atoms with E-state index in [9.17, 15) is 13.5 Å². The molecule has 1 aliphatic carbocycles. The summed E-state index contributed by atoms with van der Waals surface area (Å²) in [4.78, 5) is 8.63. The Kier molecular flexibility index (Phi) is 5.13. The van der Waals surface area contributed by atoms with Gasteiger partial charge in [0.25, 0.3) is 10.0 Å². The molecule has 0 aromatic carbocycles. The minimum Gasteiger partial charge on any atom is -0.477 e. The highest BCUT2D eigenvalue weighted by Gasteiger charge is 2.48. The molecule has 1 saturated carbocycles. The SMILES string of the molecule is Cn1cc(S(=O)(=O)Nc2nc(OCCC(C)(C)O)cc(C3CC3(C)C)n2)cn1. The van der Waals surface area contributed by atoms with Gasteiger partial charge >= 0.3 is 0 Å². The molecule has 3 rings (SSSR count). The van der Waals surface area contributed by atoms with E-state index in [0.717, 1.165) is 12.1 Å². The van der Waals surface area contributed by atoms with Gasteiger partial charge in [-0.25, -0.2) is 18.1 Å². The smallest absolute Gasteiger partial charge is 0.267 e. The quantitative estimate of drug-likeness (QED) is 0.685. The molecule has 2 aromatic heterocycles. The van der Waals surface area contributed by atoms with E-state index in [1.165, 1.54) is 17.1 Å². The fourth-order valence-corrected chi connectivity index (χ4v) is 3.76. The van der Waals surface area contributed by atoms with Crippen LogP contribution in [0.15, 0.2) is 23.4 Å². The number of hydrogen-bond donors (Lipinski definition) is 2. The van der Waals surface area contributed by atoms with Crippen LogP contribution in [0.25, 0.3) is 0 Å². The molecule has 0 aliphatic heterocycles. The van der Waals surface area contributed by atoms with Gasteiger partial charge < -0.3 is 9.84 Å². The molecular formula is C18H27N5O4S. The number of anilines is 1. The summed E-state index contributed by atoms with van der Waals surface area (Å²) in [5, 5.41) is 13.7. The molecule has 0 spiro atoms. The molecule has 1 unspecified atom stereocenters. The summed E-state index contributed by atoms with van der Waals surface area (Å²) in [5.41, 5.74) is -0.0146. The number of aliphatic hydroxyl groups is 1. The largest absolute Gasteiger partial charge is 0.477 e. The first-order valence-electron chi connectivity index (χ1n) is 9.11. The maximum Gasteiger partial charge on any atom is 0.267 e. The highest BCUT2D eigenvalue weighted by Crippen LogP contribution is 2.58. The van der Waals surface area contributed by atoms with Crippen LogP contribution in [0.2, 0.25) is 0 Å². The van der Waals surface area contributed by atoms with Crippen LogP contribution in [0.5, 0.6) is 5.88 Å². The first kappa shape index (κ1) is 20.5. The third-order valence-electron chi connectivity index (χ3n) is 4.77. The zero-order valence-corrected chi connectivity index (χ0v) is 17.6. The van der Waals surface area contributed by atoms with Crippen molar-refractivity contribution in [1.29, 1.82) is 0 Å². The second-order valence-electron chi connectivity index (χ2n) is 8.57. The number of sulfonamides is 1. The summed E-state index contributed by atoms with van der Waals surface area (Å²) in [6, 6.07) is 1.74. The van der Waals surface area contributed by atoms with E-state index in [-0.39, 0.29) is 34.7 Å². The summed E-state index contributed by atoms with van der Waals surface area (Å²) in [7, 11) is -2.22. The predicted octanol–water partition coefficient (Wildman–Crippen LogP) is 2.06. The van der Waals surface area contributed by atoms with Gasteiger partial charge in [-0.2, -0.15) is 10.1 Å². The Morgan fingerprint density at radius 3 is 2.61 bits per heavy atom. The third kappa shape index (κ3) is 4.99. The Labute approximate surface area is 165 Å². The molecule has 154 valence electrons. The Morgan fingerprint density at radius 2 is 2.07 bits per heavy atom. The van der Waals surface area contributed by atoms with Crippen LogP contribution in [0.4, 0.5) is 5.95 Å². The number of aromatic nitrogens is 4. The van der Waals surface area contributed by atoms with Gasteiger partial charge in [0.1, 0.15) is 4.90 Å². The molecule has 0 amide bonds. The Balaban J connectivity index is 1.85. The Hall–Kier alpha value is -2.20. The van der Waals surface area contributed by atoms with Crippen LogP contribution in [0.1, 0.15) is 52.1 Å². The van der Waals surface area contributed by atoms with Crippen molar-refractivity contribution in [2.45, 2.75) is 57.0 Å². The summed E-state index contributed by atoms with van der Waals surface area (Å²) in [6.07, 6.45) is 4.04. The fraction of sp³-hybridized carbons (Fsp3) is 0.611. The normalized spacial score (nSPS) is 18.7. The molecule has 0 saturated heterocycles. The average molecular weight is 410 g/mol. The molecule has 10 heteroatoms. The van der Waals surface area contributed by atoms with Gasteiger partial charge in [-0.05, 0) is 25.7 Å². The molecule has 1 fully saturated rings. The maximum absolute atomic E-state index is 12.6. The van der Waals surface area contributed by atoms with Crippen LogP contribution in [0.3, 0.4) is 0 Å². The van der Waals surface area contributed by atoms with Crippen molar-refractivity contribution in [2.75, 3.05) is 11.3 Å². The van der Waals surface area contributed by atoms with E-state index in [4.69, 9.17) is 4.74 Å². The Bertz CT molecular complexity index is 963. The van der Waals surface area contributed by atoms with Gasteiger partial charge in [0, 0.05) is 31.6 Å². The number of hydrogen-bond acceptors (Lipinski definition) is 7. The molecule has 1 aliphatic rings. The topological polar surface area (TPSA) is 119 Å². The number of aryl methyl sites for hydroxylation is 1. The number of ether oxygens (including phenoxy) is 1. The third-order valence-corrected chi connectivity index (χ3v) is 6.06. The van der Waals surface area contributed by atoms with Gasteiger partial charge in [0.2, 0.25) is 11.8 Å². The first-order chi connectivity index (χ1) is 12.9.